The molecule has 2 bridgehead atoms. The van der Waals surface area contributed by atoms with Gasteiger partial charge in [0.25, 0.3) is 0 Å². The van der Waals surface area contributed by atoms with E-state index in [1.807, 2.05) is 0 Å². The number of hydrogen-bond donors (Lipinski definition) is 1. The Labute approximate surface area is 162 Å². The third-order valence-electron chi connectivity index (χ3n) is 5.42. The molecule has 156 valence electrons. The summed E-state index contributed by atoms with van der Waals surface area (Å²) in [5.74, 6) is -4.47. The van der Waals surface area contributed by atoms with E-state index >= 15 is 0 Å². The predicted octanol–water partition coefficient (Wildman–Crippen LogP) is 2.91. The monoisotopic (exact) mass is 416 g/mol. The zero-order valence-corrected chi connectivity index (χ0v) is 15.0. The fraction of sp³-hybridized carbons (Fsp3) is 0.588. The van der Waals surface area contributed by atoms with Crippen molar-refractivity contribution in [3.63, 3.8) is 0 Å². The molecule has 1 saturated heterocycles. The van der Waals surface area contributed by atoms with Gasteiger partial charge >= 0.3 is 12.1 Å². The summed E-state index contributed by atoms with van der Waals surface area (Å²) in [7, 11) is 0. The number of aromatic nitrogens is 3. The Morgan fingerprint density at radius 2 is 1.90 bits per heavy atom. The predicted molar refractivity (Wildman–Crippen MR) is 90.3 cm³/mol. The van der Waals surface area contributed by atoms with Crippen LogP contribution in [0, 0.1) is 23.3 Å². The molecule has 0 spiro atoms. The van der Waals surface area contributed by atoms with Crippen molar-refractivity contribution in [3.8, 4) is 11.9 Å². The molecule has 2 aromatic heterocycles. The van der Waals surface area contributed by atoms with E-state index in [1.165, 1.54) is 22.8 Å². The molecule has 1 saturated carbocycles. The standard InChI is InChI=1S/C17H17F5N6O/c18-16(19,17(20,21)22)8-29-12-2-1-5-28-14(12)25-15(26-28)24-13-10-3-4-11(13)7-27(6-10)9-23/h1-2,5,10-11,13H,3-4,6-8H2,(H,24,26)/t10-,11+,13-. The van der Waals surface area contributed by atoms with Crippen molar-refractivity contribution in [3.05, 3.63) is 18.3 Å². The lowest BCUT2D eigenvalue weighted by Crippen LogP contribution is -2.46. The van der Waals surface area contributed by atoms with Crippen molar-refractivity contribution >= 4 is 11.6 Å². The maximum atomic E-state index is 13.2. The van der Waals surface area contributed by atoms with Gasteiger partial charge in [-0.2, -0.15) is 32.2 Å². The van der Waals surface area contributed by atoms with Crippen LogP contribution in [-0.2, 0) is 0 Å². The third-order valence-corrected chi connectivity index (χ3v) is 5.42. The van der Waals surface area contributed by atoms with Crippen molar-refractivity contribution in [2.45, 2.75) is 31.0 Å². The zero-order chi connectivity index (χ0) is 20.8. The molecule has 29 heavy (non-hydrogen) atoms. The number of ether oxygens (including phenoxy) is 1. The summed E-state index contributed by atoms with van der Waals surface area (Å²) in [5.41, 5.74) is 0.0368. The summed E-state index contributed by atoms with van der Waals surface area (Å²) in [5, 5.41) is 16.6. The minimum Gasteiger partial charge on any atom is -0.483 e. The van der Waals surface area contributed by atoms with E-state index in [0.717, 1.165) is 12.8 Å². The minimum atomic E-state index is -5.70. The summed E-state index contributed by atoms with van der Waals surface area (Å²) in [6.45, 7) is -0.569. The van der Waals surface area contributed by atoms with E-state index < -0.39 is 18.7 Å². The molecule has 2 aromatic rings. The molecule has 2 fully saturated rings. The van der Waals surface area contributed by atoms with Crippen molar-refractivity contribution in [2.24, 2.45) is 11.8 Å². The molecule has 1 N–H and O–H groups in total. The Morgan fingerprint density at radius 3 is 2.52 bits per heavy atom. The quantitative estimate of drug-likeness (QED) is 0.597. The summed E-state index contributed by atoms with van der Waals surface area (Å²) >= 11 is 0. The molecule has 1 aliphatic heterocycles. The van der Waals surface area contributed by atoms with Crippen LogP contribution in [0.4, 0.5) is 27.9 Å². The largest absolute Gasteiger partial charge is 0.483 e. The van der Waals surface area contributed by atoms with E-state index in [4.69, 9.17) is 10.00 Å². The highest BCUT2D eigenvalue weighted by Gasteiger charge is 2.58. The van der Waals surface area contributed by atoms with Crippen molar-refractivity contribution < 1.29 is 26.7 Å². The molecule has 0 unspecified atom stereocenters. The maximum absolute atomic E-state index is 13.2. The molecular weight excluding hydrogens is 399 g/mol. The van der Waals surface area contributed by atoms with E-state index in [1.54, 1.807) is 4.90 Å². The van der Waals surface area contributed by atoms with Gasteiger partial charge in [0.2, 0.25) is 5.95 Å². The molecule has 3 atom stereocenters. The van der Waals surface area contributed by atoms with Crippen molar-refractivity contribution in [1.82, 2.24) is 19.5 Å². The molecular formula is C17H17F5N6O. The summed E-state index contributed by atoms with van der Waals surface area (Å²) < 4.78 is 69.3. The second kappa shape index (κ2) is 6.89. The maximum Gasteiger partial charge on any atom is 0.456 e. The van der Waals surface area contributed by atoms with E-state index in [9.17, 15) is 22.0 Å². The first-order valence-corrected chi connectivity index (χ1v) is 9.02. The Morgan fingerprint density at radius 1 is 1.21 bits per heavy atom. The molecule has 3 heterocycles. The van der Waals surface area contributed by atoms with E-state index in [-0.39, 0.29) is 35.2 Å². The second-order valence-corrected chi connectivity index (χ2v) is 7.34. The van der Waals surface area contributed by atoms with E-state index in [2.05, 4.69) is 21.6 Å². The van der Waals surface area contributed by atoms with Gasteiger partial charge in [0.05, 0.1) is 0 Å². The highest BCUT2D eigenvalue weighted by Crippen LogP contribution is 2.39. The van der Waals surface area contributed by atoms with Gasteiger partial charge in [-0.3, -0.25) is 0 Å². The molecule has 7 nitrogen and oxygen atoms in total. The average molecular weight is 416 g/mol. The number of hydrogen-bond acceptors (Lipinski definition) is 6. The van der Waals surface area contributed by atoms with Crippen LogP contribution in [0.5, 0.6) is 5.75 Å². The Kier molecular flexibility index (Phi) is 4.63. The number of pyridine rings is 1. The van der Waals surface area contributed by atoms with Crippen LogP contribution < -0.4 is 10.1 Å². The first kappa shape index (κ1) is 19.5. The van der Waals surface area contributed by atoms with Crippen molar-refractivity contribution in [2.75, 3.05) is 25.0 Å². The van der Waals surface area contributed by atoms with Crippen LogP contribution in [0.3, 0.4) is 0 Å². The van der Waals surface area contributed by atoms with Gasteiger partial charge in [0, 0.05) is 25.3 Å². The number of nitrogens with one attached hydrogen (secondary N) is 1. The lowest BCUT2D eigenvalue weighted by Gasteiger charge is -2.35. The third kappa shape index (κ3) is 3.61. The van der Waals surface area contributed by atoms with Gasteiger partial charge < -0.3 is 15.0 Å². The number of piperidine rings is 1. The Bertz CT molecular complexity index is 925. The Hall–Kier alpha value is -2.84. The van der Waals surface area contributed by atoms with Gasteiger partial charge in [-0.1, -0.05) is 0 Å². The molecule has 0 aromatic carbocycles. The first-order chi connectivity index (χ1) is 13.7. The van der Waals surface area contributed by atoms with Gasteiger partial charge in [-0.15, -0.1) is 5.10 Å². The smallest absolute Gasteiger partial charge is 0.456 e. The molecule has 0 radical (unpaired) electrons. The van der Waals surface area contributed by atoms with Crippen LogP contribution in [0.25, 0.3) is 5.65 Å². The number of rotatable bonds is 5. The molecule has 0 amide bonds. The number of anilines is 1. The molecule has 1 aliphatic carbocycles. The number of likely N-dealkylation sites (tertiary alicyclic amines) is 1. The lowest BCUT2D eigenvalue weighted by molar-refractivity contribution is -0.289. The number of nitrogens with zero attached hydrogens (tertiary/aromatic N) is 5. The number of alkyl halides is 5. The highest BCUT2D eigenvalue weighted by molar-refractivity contribution is 5.55. The molecule has 4 rings (SSSR count). The van der Waals surface area contributed by atoms with E-state index in [0.29, 0.717) is 13.1 Å². The second-order valence-electron chi connectivity index (χ2n) is 7.34. The van der Waals surface area contributed by atoms with Crippen LogP contribution in [0.15, 0.2) is 18.3 Å². The summed E-state index contributed by atoms with van der Waals surface area (Å²) in [6.07, 6.45) is -0.102. The summed E-state index contributed by atoms with van der Waals surface area (Å²) in [4.78, 5) is 5.94. The fourth-order valence-electron chi connectivity index (χ4n) is 3.99. The molecule has 12 heteroatoms. The lowest BCUT2D eigenvalue weighted by atomic mass is 9.92. The molecule has 2 aliphatic rings. The summed E-state index contributed by atoms with van der Waals surface area (Å²) in [6, 6.07) is 2.74. The Balaban J connectivity index is 1.51. The normalized spacial score (nSPS) is 24.6. The van der Waals surface area contributed by atoms with Crippen LogP contribution in [0.1, 0.15) is 12.8 Å². The topological polar surface area (TPSA) is 78.5 Å². The van der Waals surface area contributed by atoms with Crippen LogP contribution in [0.2, 0.25) is 0 Å². The highest BCUT2D eigenvalue weighted by atomic mass is 19.4. The zero-order valence-electron chi connectivity index (χ0n) is 15.0. The van der Waals surface area contributed by atoms with Crippen LogP contribution >= 0.6 is 0 Å². The average Bonchev–Trinajstić information content (AvgIpc) is 3.16. The number of halogens is 5. The van der Waals surface area contributed by atoms with Gasteiger partial charge in [-0.05, 0) is 36.8 Å². The SMILES string of the molecule is N#CN1C[C@H]2CC[C@@H](C1)[C@@H]2Nc1nc2c(OCC(F)(F)C(F)(F)F)cccn2n1. The van der Waals surface area contributed by atoms with Gasteiger partial charge in [-0.25, -0.2) is 4.52 Å². The van der Waals surface area contributed by atoms with Crippen LogP contribution in [-0.4, -0.2) is 57.3 Å². The van der Waals surface area contributed by atoms with Crippen molar-refractivity contribution in [1.29, 1.82) is 5.26 Å². The van der Waals surface area contributed by atoms with Gasteiger partial charge in [0.1, 0.15) is 0 Å². The fourth-order valence-corrected chi connectivity index (χ4v) is 3.99. The number of fused-ring (bicyclic) bond motifs is 3. The first-order valence-electron chi connectivity index (χ1n) is 9.02. The van der Waals surface area contributed by atoms with Gasteiger partial charge in [0.15, 0.2) is 24.2 Å². The number of nitriles is 1. The minimum absolute atomic E-state index is 0.0368.